The summed E-state index contributed by atoms with van der Waals surface area (Å²) in [5, 5.41) is 10.9. The maximum absolute atomic E-state index is 12.6. The lowest BCUT2D eigenvalue weighted by atomic mass is 9.95. The van der Waals surface area contributed by atoms with Gasteiger partial charge in [-0.05, 0) is 11.8 Å². The first-order valence-electron chi connectivity index (χ1n) is 9.18. The molecule has 0 aromatic carbocycles. The summed E-state index contributed by atoms with van der Waals surface area (Å²) in [6, 6.07) is -0.164. The second-order valence-corrected chi connectivity index (χ2v) is 8.13. The Morgan fingerprint density at radius 3 is 2.37 bits per heavy atom. The van der Waals surface area contributed by atoms with Crippen LogP contribution in [0.25, 0.3) is 0 Å². The van der Waals surface area contributed by atoms with Gasteiger partial charge in [-0.1, -0.05) is 34.1 Å². The van der Waals surface area contributed by atoms with Crippen LogP contribution in [0.4, 0.5) is 0 Å². The van der Waals surface area contributed by atoms with Gasteiger partial charge in [0, 0.05) is 38.2 Å². The normalized spacial score (nSPS) is 14.5. The number of carbonyl (C=O) groups excluding carboxylic acids is 2. The molecule has 0 aliphatic rings. The maximum atomic E-state index is 12.6. The fourth-order valence-corrected chi connectivity index (χ4v) is 3.63. The molecule has 0 aliphatic heterocycles. The third kappa shape index (κ3) is 6.93. The minimum Gasteiger partial charge on any atom is -0.476 e. The summed E-state index contributed by atoms with van der Waals surface area (Å²) in [6.45, 7) is 9.42. The van der Waals surface area contributed by atoms with Gasteiger partial charge >= 0.3 is 11.9 Å². The van der Waals surface area contributed by atoms with E-state index in [2.05, 4.69) is 11.9 Å². The first kappa shape index (κ1) is 23.1. The Bertz CT molecular complexity index is 658. The van der Waals surface area contributed by atoms with Crippen molar-refractivity contribution in [2.75, 3.05) is 7.05 Å². The second kappa shape index (κ2) is 10.4. The summed E-state index contributed by atoms with van der Waals surface area (Å²) < 4.78 is 5.42. The number of carbonyl (C=O) groups is 3. The first-order chi connectivity index (χ1) is 12.6. The number of esters is 1. The quantitative estimate of drug-likeness (QED) is 0.603. The summed E-state index contributed by atoms with van der Waals surface area (Å²) in [7, 11) is 1.77. The molecule has 1 heterocycles. The summed E-state index contributed by atoms with van der Waals surface area (Å²) in [4.78, 5) is 41.1. The Hall–Kier alpha value is -1.96. The standard InChI is InChI=1S/C19H30N2O5S/c1-7-12(4)8-17(23)21(6)15(11(2)3)9-16(26-13(5)22)18-20-14(10-27-18)19(24)25/h10-12,15-16H,7-9H2,1-6H3,(H,24,25)/t12-,15?,16+/m0/s1. The number of carboxylic acid groups (broad SMARTS) is 1. The average Bonchev–Trinajstić information content (AvgIpc) is 3.07. The van der Waals surface area contributed by atoms with Crippen molar-refractivity contribution in [3.8, 4) is 0 Å². The van der Waals surface area contributed by atoms with E-state index in [9.17, 15) is 14.4 Å². The van der Waals surface area contributed by atoms with Crippen LogP contribution in [0, 0.1) is 11.8 Å². The predicted octanol–water partition coefficient (Wildman–Crippen LogP) is 3.75. The number of ether oxygens (including phenoxy) is 1. The van der Waals surface area contributed by atoms with E-state index in [1.807, 2.05) is 20.8 Å². The Morgan fingerprint density at radius 2 is 1.93 bits per heavy atom. The van der Waals surface area contributed by atoms with E-state index in [1.54, 1.807) is 11.9 Å². The lowest BCUT2D eigenvalue weighted by molar-refractivity contribution is -0.148. The molecule has 1 aromatic rings. The lowest BCUT2D eigenvalue weighted by Gasteiger charge is -2.34. The van der Waals surface area contributed by atoms with Crippen LogP contribution in [0.2, 0.25) is 0 Å². The summed E-state index contributed by atoms with van der Waals surface area (Å²) >= 11 is 1.14. The van der Waals surface area contributed by atoms with Gasteiger partial charge < -0.3 is 14.7 Å². The van der Waals surface area contributed by atoms with E-state index in [1.165, 1.54) is 12.3 Å². The van der Waals surface area contributed by atoms with Gasteiger partial charge in [0.25, 0.3) is 0 Å². The van der Waals surface area contributed by atoms with E-state index < -0.39 is 18.0 Å². The van der Waals surface area contributed by atoms with Crippen molar-refractivity contribution in [1.29, 1.82) is 0 Å². The van der Waals surface area contributed by atoms with Crippen LogP contribution in [0.3, 0.4) is 0 Å². The minimum absolute atomic E-state index is 0.0509. The van der Waals surface area contributed by atoms with Crippen molar-refractivity contribution in [1.82, 2.24) is 9.88 Å². The second-order valence-electron chi connectivity index (χ2n) is 7.24. The number of thiazole rings is 1. The monoisotopic (exact) mass is 398 g/mol. The first-order valence-corrected chi connectivity index (χ1v) is 10.1. The van der Waals surface area contributed by atoms with Crippen LogP contribution in [-0.2, 0) is 14.3 Å². The molecule has 0 bridgehead atoms. The molecule has 152 valence electrons. The van der Waals surface area contributed by atoms with Crippen molar-refractivity contribution in [2.24, 2.45) is 11.8 Å². The maximum Gasteiger partial charge on any atom is 0.355 e. The average molecular weight is 399 g/mol. The Labute approximate surface area is 164 Å². The fraction of sp³-hybridized carbons (Fsp3) is 0.684. The zero-order valence-electron chi connectivity index (χ0n) is 16.9. The van der Waals surface area contributed by atoms with Gasteiger partial charge in [0.2, 0.25) is 5.91 Å². The third-order valence-corrected chi connectivity index (χ3v) is 5.60. The Kier molecular flexibility index (Phi) is 8.88. The summed E-state index contributed by atoms with van der Waals surface area (Å²) in [5.74, 6) is -1.11. The van der Waals surface area contributed by atoms with Crippen molar-refractivity contribution >= 4 is 29.2 Å². The number of aromatic carboxylic acids is 1. The number of aromatic nitrogens is 1. The molecule has 7 nitrogen and oxygen atoms in total. The van der Waals surface area contributed by atoms with Crippen molar-refractivity contribution in [3.05, 3.63) is 16.1 Å². The van der Waals surface area contributed by atoms with E-state index in [4.69, 9.17) is 9.84 Å². The molecule has 1 amide bonds. The molecule has 0 saturated heterocycles. The zero-order valence-corrected chi connectivity index (χ0v) is 17.7. The molecular formula is C19H30N2O5S. The minimum atomic E-state index is -1.12. The zero-order chi connectivity index (χ0) is 20.7. The molecule has 8 heteroatoms. The van der Waals surface area contributed by atoms with Crippen LogP contribution in [0.5, 0.6) is 0 Å². The van der Waals surface area contributed by atoms with Gasteiger partial charge in [0.05, 0.1) is 0 Å². The summed E-state index contributed by atoms with van der Waals surface area (Å²) in [5.41, 5.74) is -0.0746. The molecule has 1 unspecified atom stereocenters. The molecule has 0 saturated carbocycles. The van der Waals surface area contributed by atoms with Gasteiger partial charge in [-0.15, -0.1) is 11.3 Å². The van der Waals surface area contributed by atoms with E-state index in [0.717, 1.165) is 17.8 Å². The summed E-state index contributed by atoms with van der Waals surface area (Å²) in [6.07, 6.45) is 1.08. The number of rotatable bonds is 10. The molecule has 0 radical (unpaired) electrons. The van der Waals surface area contributed by atoms with Crippen molar-refractivity contribution in [2.45, 2.75) is 66.0 Å². The molecule has 0 spiro atoms. The van der Waals surface area contributed by atoms with Crippen molar-refractivity contribution in [3.63, 3.8) is 0 Å². The van der Waals surface area contributed by atoms with Gasteiger partial charge in [-0.2, -0.15) is 0 Å². The Balaban J connectivity index is 3.03. The molecular weight excluding hydrogens is 368 g/mol. The largest absolute Gasteiger partial charge is 0.476 e. The molecule has 0 aliphatic carbocycles. The van der Waals surface area contributed by atoms with Gasteiger partial charge in [0.1, 0.15) is 5.01 Å². The number of amides is 1. The number of carboxylic acids is 1. The SMILES string of the molecule is CC[C@H](C)CC(=O)N(C)C(C[C@@H](OC(C)=O)c1nc(C(=O)O)cs1)C(C)C. The van der Waals surface area contributed by atoms with Crippen LogP contribution >= 0.6 is 11.3 Å². The fourth-order valence-electron chi connectivity index (χ4n) is 2.80. The highest BCUT2D eigenvalue weighted by atomic mass is 32.1. The number of hydrogen-bond donors (Lipinski definition) is 1. The van der Waals surface area contributed by atoms with Crippen LogP contribution in [0.15, 0.2) is 5.38 Å². The van der Waals surface area contributed by atoms with Crippen molar-refractivity contribution < 1.29 is 24.2 Å². The number of hydrogen-bond acceptors (Lipinski definition) is 6. The van der Waals surface area contributed by atoms with Crippen LogP contribution in [0.1, 0.15) is 75.5 Å². The highest BCUT2D eigenvalue weighted by Crippen LogP contribution is 2.30. The predicted molar refractivity (Wildman–Crippen MR) is 104 cm³/mol. The molecule has 0 fully saturated rings. The highest BCUT2D eigenvalue weighted by Gasteiger charge is 2.30. The molecule has 1 rings (SSSR count). The topological polar surface area (TPSA) is 96.8 Å². The van der Waals surface area contributed by atoms with Crippen LogP contribution < -0.4 is 0 Å². The van der Waals surface area contributed by atoms with E-state index in [0.29, 0.717) is 23.8 Å². The highest BCUT2D eigenvalue weighted by molar-refractivity contribution is 7.09. The van der Waals surface area contributed by atoms with Gasteiger partial charge in [-0.3, -0.25) is 9.59 Å². The van der Waals surface area contributed by atoms with Gasteiger partial charge in [-0.25, -0.2) is 9.78 Å². The molecule has 1 N–H and O–H groups in total. The molecule has 3 atom stereocenters. The smallest absolute Gasteiger partial charge is 0.355 e. The Morgan fingerprint density at radius 1 is 1.30 bits per heavy atom. The molecule has 1 aromatic heterocycles. The van der Waals surface area contributed by atoms with E-state index in [-0.39, 0.29) is 23.6 Å². The lowest BCUT2D eigenvalue weighted by Crippen LogP contribution is -2.42. The molecule has 27 heavy (non-hydrogen) atoms. The van der Waals surface area contributed by atoms with Crippen LogP contribution in [-0.4, -0.2) is 45.9 Å². The van der Waals surface area contributed by atoms with E-state index >= 15 is 0 Å². The third-order valence-electron chi connectivity index (χ3n) is 4.66. The van der Waals surface area contributed by atoms with Gasteiger partial charge in [0.15, 0.2) is 11.8 Å². The number of nitrogens with zero attached hydrogens (tertiary/aromatic N) is 2.